The third-order valence-electron chi connectivity index (χ3n) is 5.38. The van der Waals surface area contributed by atoms with Crippen LogP contribution in [0.3, 0.4) is 0 Å². The third-order valence-corrected chi connectivity index (χ3v) is 7.24. The average molecular weight is 403 g/mol. The van der Waals surface area contributed by atoms with Gasteiger partial charge in [-0.2, -0.15) is 4.31 Å². The number of rotatable bonds is 4. The second-order valence-corrected chi connectivity index (χ2v) is 9.49. The zero-order valence-electron chi connectivity index (χ0n) is 16.3. The first-order chi connectivity index (χ1) is 13.4. The predicted molar refractivity (Wildman–Crippen MR) is 107 cm³/mol. The van der Waals surface area contributed by atoms with Crippen LogP contribution in [0.5, 0.6) is 0 Å². The maximum Gasteiger partial charge on any atom is 0.243 e. The van der Waals surface area contributed by atoms with Gasteiger partial charge in [0.05, 0.1) is 30.3 Å². The van der Waals surface area contributed by atoms with E-state index in [4.69, 9.17) is 4.74 Å². The molecule has 28 heavy (non-hydrogen) atoms. The van der Waals surface area contributed by atoms with Gasteiger partial charge in [-0.15, -0.1) is 0 Å². The molecule has 0 atom stereocenters. The molecule has 0 spiro atoms. The van der Waals surface area contributed by atoms with Crippen LogP contribution in [-0.4, -0.2) is 55.5 Å². The average Bonchev–Trinajstić information content (AvgIpc) is 2.73. The van der Waals surface area contributed by atoms with Gasteiger partial charge in [-0.05, 0) is 35.6 Å². The van der Waals surface area contributed by atoms with E-state index >= 15 is 0 Å². The Labute approximate surface area is 166 Å². The van der Waals surface area contributed by atoms with E-state index in [1.165, 1.54) is 4.31 Å². The Hall–Kier alpha value is -2.03. The first kappa shape index (κ1) is 19.3. The number of fused-ring (bicyclic) bond motifs is 1. The van der Waals surface area contributed by atoms with Gasteiger partial charge in [0.2, 0.25) is 16.0 Å². The molecule has 2 aromatic rings. The standard InChI is InChI=1S/C20H26N4O3S/c1-15(2)16-3-5-18(6-4-16)28(25,26)24-8-7-17-13-21-20(22-19(17)14-24)23-9-11-27-12-10-23/h3-6,13,15H,7-12,14H2,1-2H3. The highest BCUT2D eigenvalue weighted by Crippen LogP contribution is 2.26. The fraction of sp³-hybridized carbons (Fsp3) is 0.500. The molecule has 0 unspecified atom stereocenters. The van der Waals surface area contributed by atoms with E-state index in [0.29, 0.717) is 42.9 Å². The molecule has 1 fully saturated rings. The Kier molecular flexibility index (Phi) is 5.35. The van der Waals surface area contributed by atoms with Gasteiger partial charge >= 0.3 is 0 Å². The molecule has 0 amide bonds. The third kappa shape index (κ3) is 3.76. The minimum Gasteiger partial charge on any atom is -0.378 e. The molecule has 1 aromatic carbocycles. The molecule has 7 nitrogen and oxygen atoms in total. The van der Waals surface area contributed by atoms with Crippen LogP contribution in [0.1, 0.15) is 36.6 Å². The van der Waals surface area contributed by atoms with Crippen molar-refractivity contribution in [2.45, 2.75) is 37.6 Å². The van der Waals surface area contributed by atoms with E-state index in [1.807, 2.05) is 18.3 Å². The van der Waals surface area contributed by atoms with Crippen LogP contribution in [0, 0.1) is 0 Å². The van der Waals surface area contributed by atoms with Crippen molar-refractivity contribution in [1.82, 2.24) is 14.3 Å². The van der Waals surface area contributed by atoms with Crippen molar-refractivity contribution in [2.75, 3.05) is 37.7 Å². The van der Waals surface area contributed by atoms with Crippen LogP contribution in [0.15, 0.2) is 35.4 Å². The molecular weight excluding hydrogens is 376 g/mol. The summed E-state index contributed by atoms with van der Waals surface area (Å²) in [4.78, 5) is 11.6. The molecule has 1 aromatic heterocycles. The van der Waals surface area contributed by atoms with Gasteiger partial charge in [0.15, 0.2) is 0 Å². The van der Waals surface area contributed by atoms with Gasteiger partial charge in [0.1, 0.15) is 0 Å². The smallest absolute Gasteiger partial charge is 0.243 e. The van der Waals surface area contributed by atoms with Crippen molar-refractivity contribution in [3.05, 3.63) is 47.3 Å². The lowest BCUT2D eigenvalue weighted by molar-refractivity contribution is 0.122. The second-order valence-electron chi connectivity index (χ2n) is 7.55. The van der Waals surface area contributed by atoms with Crippen LogP contribution >= 0.6 is 0 Å². The van der Waals surface area contributed by atoms with Crippen molar-refractivity contribution in [3.8, 4) is 0 Å². The van der Waals surface area contributed by atoms with Crippen LogP contribution in [-0.2, 0) is 27.7 Å². The van der Waals surface area contributed by atoms with Gasteiger partial charge in [-0.1, -0.05) is 26.0 Å². The molecular formula is C20H26N4O3S. The number of sulfonamides is 1. The van der Waals surface area contributed by atoms with E-state index in [-0.39, 0.29) is 6.54 Å². The molecule has 0 radical (unpaired) electrons. The number of aromatic nitrogens is 2. The van der Waals surface area contributed by atoms with Crippen molar-refractivity contribution in [1.29, 1.82) is 0 Å². The summed E-state index contributed by atoms with van der Waals surface area (Å²) in [6, 6.07) is 7.21. The number of hydrogen-bond acceptors (Lipinski definition) is 6. The number of nitrogens with zero attached hydrogens (tertiary/aromatic N) is 4. The molecule has 8 heteroatoms. The first-order valence-corrected chi connectivity index (χ1v) is 11.2. The lowest BCUT2D eigenvalue weighted by Crippen LogP contribution is -2.39. The summed E-state index contributed by atoms with van der Waals surface area (Å²) >= 11 is 0. The molecule has 0 saturated carbocycles. The van der Waals surface area contributed by atoms with Crippen molar-refractivity contribution >= 4 is 16.0 Å². The van der Waals surface area contributed by atoms with Gasteiger partial charge in [0, 0.05) is 25.8 Å². The highest BCUT2D eigenvalue weighted by atomic mass is 32.2. The number of ether oxygens (including phenoxy) is 1. The van der Waals surface area contributed by atoms with Gasteiger partial charge in [-0.25, -0.2) is 18.4 Å². The molecule has 4 rings (SSSR count). The molecule has 150 valence electrons. The topological polar surface area (TPSA) is 75.6 Å². The van der Waals surface area contributed by atoms with E-state index in [0.717, 1.165) is 29.9 Å². The Balaban J connectivity index is 1.56. The highest BCUT2D eigenvalue weighted by Gasteiger charge is 2.30. The van der Waals surface area contributed by atoms with Crippen molar-refractivity contribution in [2.24, 2.45) is 0 Å². The van der Waals surface area contributed by atoms with E-state index in [9.17, 15) is 8.42 Å². The van der Waals surface area contributed by atoms with E-state index < -0.39 is 10.0 Å². The molecule has 1 saturated heterocycles. The Morgan fingerprint density at radius 3 is 2.46 bits per heavy atom. The highest BCUT2D eigenvalue weighted by molar-refractivity contribution is 7.89. The van der Waals surface area contributed by atoms with Crippen molar-refractivity contribution in [3.63, 3.8) is 0 Å². The van der Waals surface area contributed by atoms with Gasteiger partial charge < -0.3 is 9.64 Å². The quantitative estimate of drug-likeness (QED) is 0.780. The minimum atomic E-state index is -3.55. The summed E-state index contributed by atoms with van der Waals surface area (Å²) in [5, 5.41) is 0. The molecule has 2 aliphatic heterocycles. The molecule has 0 aliphatic carbocycles. The van der Waals surface area contributed by atoms with Crippen LogP contribution in [0.2, 0.25) is 0 Å². The summed E-state index contributed by atoms with van der Waals surface area (Å²) in [7, 11) is -3.55. The van der Waals surface area contributed by atoms with E-state index in [1.54, 1.807) is 12.1 Å². The van der Waals surface area contributed by atoms with Gasteiger partial charge in [0.25, 0.3) is 0 Å². The largest absolute Gasteiger partial charge is 0.378 e. The monoisotopic (exact) mass is 402 g/mol. The summed E-state index contributed by atoms with van der Waals surface area (Å²) in [5.74, 6) is 1.02. The van der Waals surface area contributed by atoms with E-state index in [2.05, 4.69) is 28.7 Å². The molecule has 2 aliphatic rings. The molecule has 3 heterocycles. The lowest BCUT2D eigenvalue weighted by Gasteiger charge is -2.30. The minimum absolute atomic E-state index is 0.281. The summed E-state index contributed by atoms with van der Waals surface area (Å²) in [6.07, 6.45) is 2.47. The lowest BCUT2D eigenvalue weighted by atomic mass is 10.0. The SMILES string of the molecule is CC(C)c1ccc(S(=O)(=O)N2CCc3cnc(N4CCOCC4)nc3C2)cc1. The zero-order chi connectivity index (χ0) is 19.7. The predicted octanol–water partition coefficient (Wildman–Crippen LogP) is 2.18. The summed E-state index contributed by atoms with van der Waals surface area (Å²) in [6.45, 7) is 7.74. The Bertz CT molecular complexity index is 938. The number of hydrogen-bond donors (Lipinski definition) is 0. The van der Waals surface area contributed by atoms with Crippen molar-refractivity contribution < 1.29 is 13.2 Å². The van der Waals surface area contributed by atoms with Gasteiger partial charge in [-0.3, -0.25) is 0 Å². The Morgan fingerprint density at radius 2 is 1.79 bits per heavy atom. The fourth-order valence-electron chi connectivity index (χ4n) is 3.56. The maximum absolute atomic E-state index is 13.1. The van der Waals surface area contributed by atoms with Crippen LogP contribution < -0.4 is 4.90 Å². The first-order valence-electron chi connectivity index (χ1n) is 9.73. The molecule has 0 N–H and O–H groups in total. The maximum atomic E-state index is 13.1. The normalized spacial score (nSPS) is 18.3. The second kappa shape index (κ2) is 7.77. The van der Waals surface area contributed by atoms with Crippen LogP contribution in [0.25, 0.3) is 0 Å². The summed E-state index contributed by atoms with van der Waals surface area (Å²) < 4.78 is 33.1. The number of benzene rings is 1. The zero-order valence-corrected chi connectivity index (χ0v) is 17.2. The number of anilines is 1. The van der Waals surface area contributed by atoms with Crippen LogP contribution in [0.4, 0.5) is 5.95 Å². The fourth-order valence-corrected chi connectivity index (χ4v) is 4.97. The molecule has 0 bridgehead atoms. The number of morpholine rings is 1. The Morgan fingerprint density at radius 1 is 1.07 bits per heavy atom. The summed E-state index contributed by atoms with van der Waals surface area (Å²) in [5.41, 5.74) is 2.95.